The highest BCUT2D eigenvalue weighted by Gasteiger charge is 2.72. The van der Waals surface area contributed by atoms with Crippen molar-refractivity contribution in [3.63, 3.8) is 0 Å². The fourth-order valence-corrected chi connectivity index (χ4v) is 10.0. The zero-order valence-corrected chi connectivity index (χ0v) is 20.3. The maximum absolute atomic E-state index is 13.4. The molecule has 2 aliphatic heterocycles. The molecular formula is C27H42O5. The molecule has 2 saturated heterocycles. The first-order valence-electron chi connectivity index (χ1n) is 13.3. The Kier molecular flexibility index (Phi) is 4.68. The molecule has 6 fully saturated rings. The van der Waals surface area contributed by atoms with Crippen LogP contribution in [0.2, 0.25) is 0 Å². The summed E-state index contributed by atoms with van der Waals surface area (Å²) in [5.74, 6) is 2.20. The third-order valence-electron chi connectivity index (χ3n) is 11.9. The molecule has 12 atom stereocenters. The number of ketones is 1. The van der Waals surface area contributed by atoms with Crippen molar-refractivity contribution in [1.29, 1.82) is 0 Å². The number of hydrogen-bond acceptors (Lipinski definition) is 5. The molecule has 0 amide bonds. The Balaban J connectivity index is 1.30. The molecule has 4 saturated carbocycles. The lowest BCUT2D eigenvalue weighted by molar-refractivity contribution is -0.273. The van der Waals surface area contributed by atoms with Crippen molar-refractivity contribution < 1.29 is 24.5 Å². The number of rotatable bonds is 0. The SMILES string of the molecule is C[C@@H]1CC[C@@]2(OC1)O[C@H]1C[C@H]3[C@@H]4CC(=O)[C@@]5(O)C[C@@H](O)CC[C@]5(C)[C@H]4CC[C@]3(C)[C@H]1[C@@H]2C. The molecular weight excluding hydrogens is 404 g/mol. The van der Waals surface area contributed by atoms with Crippen molar-refractivity contribution in [1.82, 2.24) is 0 Å². The monoisotopic (exact) mass is 446 g/mol. The summed E-state index contributed by atoms with van der Waals surface area (Å²) in [5.41, 5.74) is -1.60. The van der Waals surface area contributed by atoms with E-state index in [1.54, 1.807) is 0 Å². The minimum Gasteiger partial charge on any atom is -0.393 e. The van der Waals surface area contributed by atoms with E-state index in [4.69, 9.17) is 9.47 Å². The number of fused-ring (bicyclic) bond motifs is 7. The molecule has 0 bridgehead atoms. The van der Waals surface area contributed by atoms with Crippen molar-refractivity contribution >= 4 is 5.78 Å². The van der Waals surface area contributed by atoms with Gasteiger partial charge in [-0.2, -0.15) is 0 Å². The van der Waals surface area contributed by atoms with Gasteiger partial charge in [-0.3, -0.25) is 4.79 Å². The number of carbonyl (C=O) groups excluding carboxylic acids is 1. The number of ether oxygens (including phenoxy) is 2. The summed E-state index contributed by atoms with van der Waals surface area (Å²) in [5, 5.41) is 21.8. The van der Waals surface area contributed by atoms with Crippen LogP contribution in [0.4, 0.5) is 0 Å². The molecule has 2 N–H and O–H groups in total. The number of hydrogen-bond donors (Lipinski definition) is 2. The Bertz CT molecular complexity index is 804. The molecule has 0 aromatic rings. The molecule has 1 spiro atoms. The standard InChI is InChI=1S/C27H42O5/c1-15-5-10-27(31-14-15)16(2)23-21(32-27)12-20-18-11-22(29)26(30)13-17(28)6-9-25(26,4)19(18)7-8-24(20,23)3/h15-21,23,28,30H,5-14H2,1-4H3/t15-,16+,17+,18-,19+,20+,21+,23+,24+,25-,26+,27-/m1/s1. The molecule has 180 valence electrons. The number of aliphatic hydroxyl groups is 2. The molecule has 5 nitrogen and oxygen atoms in total. The Morgan fingerprint density at radius 2 is 1.81 bits per heavy atom. The van der Waals surface area contributed by atoms with Crippen LogP contribution in [0.5, 0.6) is 0 Å². The third kappa shape index (κ3) is 2.58. The lowest BCUT2D eigenvalue weighted by atomic mass is 9.42. The summed E-state index contributed by atoms with van der Waals surface area (Å²) < 4.78 is 13.2. The van der Waals surface area contributed by atoms with Crippen molar-refractivity contribution in [2.24, 2.45) is 46.3 Å². The van der Waals surface area contributed by atoms with E-state index in [0.717, 1.165) is 38.7 Å². The summed E-state index contributed by atoms with van der Waals surface area (Å²) >= 11 is 0. The quantitative estimate of drug-likeness (QED) is 0.586. The summed E-state index contributed by atoms with van der Waals surface area (Å²) in [6, 6.07) is 0. The fraction of sp³-hybridized carbons (Fsp3) is 0.963. The van der Waals surface area contributed by atoms with E-state index in [-0.39, 0.29) is 23.7 Å². The highest BCUT2D eigenvalue weighted by atomic mass is 16.7. The summed E-state index contributed by atoms with van der Waals surface area (Å²) in [6.07, 6.45) is 7.21. The van der Waals surface area contributed by atoms with Crippen LogP contribution in [0, 0.1) is 46.3 Å². The molecule has 0 aromatic carbocycles. The lowest BCUT2D eigenvalue weighted by Gasteiger charge is -2.63. The lowest BCUT2D eigenvalue weighted by Crippen LogP contribution is -2.67. The van der Waals surface area contributed by atoms with Gasteiger partial charge in [-0.15, -0.1) is 0 Å². The predicted octanol–water partition coefficient (Wildman–Crippen LogP) is 4.09. The smallest absolute Gasteiger partial charge is 0.171 e. The van der Waals surface area contributed by atoms with Crippen LogP contribution in [0.3, 0.4) is 0 Å². The number of Topliss-reactive ketones (excluding diaryl/α,β-unsaturated/α-hetero) is 1. The second-order valence-corrected chi connectivity index (χ2v) is 13.2. The van der Waals surface area contributed by atoms with E-state index < -0.39 is 22.9 Å². The van der Waals surface area contributed by atoms with Gasteiger partial charge in [-0.05, 0) is 73.5 Å². The summed E-state index contributed by atoms with van der Waals surface area (Å²) in [7, 11) is 0. The van der Waals surface area contributed by atoms with Crippen LogP contribution in [-0.2, 0) is 14.3 Å². The van der Waals surface area contributed by atoms with Crippen molar-refractivity contribution in [3.8, 4) is 0 Å². The number of carbonyl (C=O) groups is 1. The Morgan fingerprint density at radius 1 is 1.03 bits per heavy atom. The van der Waals surface area contributed by atoms with Crippen molar-refractivity contribution in [2.45, 2.75) is 109 Å². The van der Waals surface area contributed by atoms with Gasteiger partial charge in [0.05, 0.1) is 18.8 Å². The van der Waals surface area contributed by atoms with Crippen LogP contribution in [0.25, 0.3) is 0 Å². The van der Waals surface area contributed by atoms with E-state index in [0.29, 0.717) is 48.3 Å². The largest absolute Gasteiger partial charge is 0.393 e. The van der Waals surface area contributed by atoms with Gasteiger partial charge in [0.1, 0.15) is 5.60 Å². The van der Waals surface area contributed by atoms with E-state index in [1.807, 2.05) is 0 Å². The molecule has 6 aliphatic rings. The first-order valence-corrected chi connectivity index (χ1v) is 13.3. The maximum Gasteiger partial charge on any atom is 0.171 e. The highest BCUT2D eigenvalue weighted by Crippen LogP contribution is 2.71. The van der Waals surface area contributed by atoms with Crippen LogP contribution in [0.15, 0.2) is 0 Å². The average molecular weight is 447 g/mol. The van der Waals surface area contributed by atoms with Crippen LogP contribution in [0.1, 0.15) is 85.5 Å². The van der Waals surface area contributed by atoms with Gasteiger partial charge in [-0.25, -0.2) is 0 Å². The maximum atomic E-state index is 13.4. The van der Waals surface area contributed by atoms with Crippen LogP contribution < -0.4 is 0 Å². The zero-order chi connectivity index (χ0) is 22.7. The molecule has 6 rings (SSSR count). The number of aliphatic hydroxyl groups excluding tert-OH is 1. The summed E-state index contributed by atoms with van der Waals surface area (Å²) in [4.78, 5) is 13.4. The molecule has 5 heteroatoms. The molecule has 0 unspecified atom stereocenters. The van der Waals surface area contributed by atoms with Crippen LogP contribution in [-0.4, -0.2) is 46.2 Å². The van der Waals surface area contributed by atoms with Crippen molar-refractivity contribution in [2.75, 3.05) is 6.61 Å². The zero-order valence-electron chi connectivity index (χ0n) is 20.3. The van der Waals surface area contributed by atoms with E-state index in [1.165, 1.54) is 6.42 Å². The normalized spacial score (nSPS) is 61.8. The van der Waals surface area contributed by atoms with Gasteiger partial charge in [-0.1, -0.05) is 27.7 Å². The van der Waals surface area contributed by atoms with Crippen LogP contribution >= 0.6 is 0 Å². The minimum absolute atomic E-state index is 0.0173. The van der Waals surface area contributed by atoms with Gasteiger partial charge in [0.2, 0.25) is 0 Å². The topological polar surface area (TPSA) is 76.0 Å². The van der Waals surface area contributed by atoms with Crippen molar-refractivity contribution in [3.05, 3.63) is 0 Å². The second kappa shape index (κ2) is 6.80. The molecule has 32 heavy (non-hydrogen) atoms. The van der Waals surface area contributed by atoms with E-state index >= 15 is 0 Å². The van der Waals surface area contributed by atoms with E-state index in [2.05, 4.69) is 27.7 Å². The first kappa shape index (κ1) is 22.0. The van der Waals surface area contributed by atoms with Gasteiger partial charge in [0.25, 0.3) is 0 Å². The van der Waals surface area contributed by atoms with Gasteiger partial charge >= 0.3 is 0 Å². The van der Waals surface area contributed by atoms with Gasteiger partial charge < -0.3 is 19.7 Å². The average Bonchev–Trinajstić information content (AvgIpc) is 3.18. The Hall–Kier alpha value is -0.490. The molecule has 0 radical (unpaired) electrons. The molecule has 0 aromatic heterocycles. The minimum atomic E-state index is -1.35. The Morgan fingerprint density at radius 3 is 2.53 bits per heavy atom. The summed E-state index contributed by atoms with van der Waals surface area (Å²) in [6.45, 7) is 10.0. The van der Waals surface area contributed by atoms with Gasteiger partial charge in [0.15, 0.2) is 11.6 Å². The Labute approximate surface area is 192 Å². The highest BCUT2D eigenvalue weighted by molar-refractivity contribution is 5.89. The predicted molar refractivity (Wildman–Crippen MR) is 120 cm³/mol. The first-order chi connectivity index (χ1) is 15.0. The second-order valence-electron chi connectivity index (χ2n) is 13.2. The third-order valence-corrected chi connectivity index (χ3v) is 11.9. The molecule has 4 aliphatic carbocycles. The van der Waals surface area contributed by atoms with Gasteiger partial charge in [0, 0.05) is 30.6 Å². The van der Waals surface area contributed by atoms with E-state index in [9.17, 15) is 15.0 Å². The molecule has 2 heterocycles. The fourth-order valence-electron chi connectivity index (χ4n) is 10.0.